The Kier molecular flexibility index (Phi) is 3.25. The molecule has 1 aliphatic rings. The summed E-state index contributed by atoms with van der Waals surface area (Å²) in [5.74, 6) is 0. The van der Waals surface area contributed by atoms with Crippen molar-refractivity contribution in [3.63, 3.8) is 0 Å². The van der Waals surface area contributed by atoms with Gasteiger partial charge in [-0.05, 0) is 0 Å². The lowest BCUT2D eigenvalue weighted by Gasteiger charge is -2.32. The largest absolute Gasteiger partial charge is 0.389 e. The zero-order valence-corrected chi connectivity index (χ0v) is 8.08. The number of aliphatic hydroxyl groups excluding tert-OH is 2. The number of hydrogen-bond donors (Lipinski definition) is 4. The summed E-state index contributed by atoms with van der Waals surface area (Å²) in [6.07, 6.45) is -0.954. The fourth-order valence-electron chi connectivity index (χ4n) is 1.28. The smallest absolute Gasteiger partial charge is 0.209 e. The molecule has 1 aliphatic heterocycles. The molecule has 0 spiro atoms. The molecule has 0 saturated carbocycles. The van der Waals surface area contributed by atoms with Crippen LogP contribution in [0.5, 0.6) is 0 Å². The Balaban J connectivity index is 2.59. The molecule has 1 heterocycles. The quantitative estimate of drug-likeness (QED) is 0.395. The highest BCUT2D eigenvalue weighted by atomic mass is 32.2. The average Bonchev–Trinajstić information content (AvgIpc) is 1.96. The second kappa shape index (κ2) is 3.89. The molecule has 0 aliphatic carbocycles. The van der Waals surface area contributed by atoms with Gasteiger partial charge < -0.3 is 15.5 Å². The van der Waals surface area contributed by atoms with E-state index in [0.717, 1.165) is 6.26 Å². The van der Waals surface area contributed by atoms with Gasteiger partial charge >= 0.3 is 0 Å². The Morgan fingerprint density at radius 2 is 2.00 bits per heavy atom. The number of nitrogens with one attached hydrogen (secondary N) is 2. The van der Waals surface area contributed by atoms with Gasteiger partial charge in [0.05, 0.1) is 24.5 Å². The number of rotatable bonds is 2. The molecule has 78 valence electrons. The summed E-state index contributed by atoms with van der Waals surface area (Å²) < 4.78 is 23.9. The van der Waals surface area contributed by atoms with E-state index in [1.54, 1.807) is 0 Å². The van der Waals surface area contributed by atoms with Crippen molar-refractivity contribution < 1.29 is 18.6 Å². The molecule has 7 heteroatoms. The molecule has 1 rings (SSSR count). The van der Waals surface area contributed by atoms with Crippen molar-refractivity contribution in [1.82, 2.24) is 10.0 Å². The molecule has 1 fully saturated rings. The first-order valence-corrected chi connectivity index (χ1v) is 5.83. The predicted octanol–water partition coefficient (Wildman–Crippen LogP) is -2.77. The summed E-state index contributed by atoms with van der Waals surface area (Å²) in [6.45, 7) is 0.606. The molecular formula is C6H14N2O4S. The van der Waals surface area contributed by atoms with E-state index >= 15 is 0 Å². The highest BCUT2D eigenvalue weighted by molar-refractivity contribution is 7.88. The van der Waals surface area contributed by atoms with E-state index in [4.69, 9.17) is 0 Å². The third-order valence-corrected chi connectivity index (χ3v) is 2.62. The Morgan fingerprint density at radius 3 is 2.54 bits per heavy atom. The summed E-state index contributed by atoms with van der Waals surface area (Å²) in [5, 5.41) is 21.4. The van der Waals surface area contributed by atoms with E-state index in [2.05, 4.69) is 10.0 Å². The van der Waals surface area contributed by atoms with E-state index in [0.29, 0.717) is 6.54 Å². The van der Waals surface area contributed by atoms with Crippen molar-refractivity contribution in [1.29, 1.82) is 0 Å². The van der Waals surface area contributed by atoms with Gasteiger partial charge in [-0.25, -0.2) is 13.1 Å². The van der Waals surface area contributed by atoms with Crippen molar-refractivity contribution in [3.05, 3.63) is 0 Å². The first kappa shape index (κ1) is 10.9. The minimum Gasteiger partial charge on any atom is -0.389 e. The van der Waals surface area contributed by atoms with Gasteiger partial charge in [-0.15, -0.1) is 0 Å². The molecule has 0 aromatic rings. The molecule has 0 radical (unpaired) electrons. The number of sulfonamides is 1. The van der Waals surface area contributed by atoms with Crippen molar-refractivity contribution in [2.24, 2.45) is 0 Å². The van der Waals surface area contributed by atoms with Crippen molar-refractivity contribution >= 4 is 10.0 Å². The van der Waals surface area contributed by atoms with Gasteiger partial charge in [0, 0.05) is 13.1 Å². The lowest BCUT2D eigenvalue weighted by Crippen LogP contribution is -2.59. The standard InChI is InChI=1S/C6H14N2O4S/c1-13(11,12)8-4-2-7-3-5(9)6(4)10/h4-10H,2-3H2,1H3/t4-,5?,6?/m0/s1. The number of hydrogen-bond acceptors (Lipinski definition) is 5. The Bertz CT molecular complexity index is 266. The zero-order valence-electron chi connectivity index (χ0n) is 7.27. The van der Waals surface area contributed by atoms with E-state index in [1.807, 2.05) is 0 Å². The number of β-amino-alcohol motifs (C(OH)–C–C–N with tert-alkyl or cyclic N) is 1. The molecule has 0 aromatic heterocycles. The van der Waals surface area contributed by atoms with Crippen molar-refractivity contribution in [2.45, 2.75) is 18.2 Å². The SMILES string of the molecule is CS(=O)(=O)N[C@H]1CNCC(O)C1O. The summed E-state index contributed by atoms with van der Waals surface area (Å²) in [6, 6.07) is -0.654. The van der Waals surface area contributed by atoms with Crippen LogP contribution in [-0.2, 0) is 10.0 Å². The van der Waals surface area contributed by atoms with Gasteiger partial charge in [0.1, 0.15) is 0 Å². The van der Waals surface area contributed by atoms with Gasteiger partial charge in [0.25, 0.3) is 0 Å². The van der Waals surface area contributed by atoms with Crippen LogP contribution in [0.4, 0.5) is 0 Å². The number of aliphatic hydroxyl groups is 2. The lowest BCUT2D eigenvalue weighted by molar-refractivity contribution is -0.0149. The highest BCUT2D eigenvalue weighted by Crippen LogP contribution is 2.05. The van der Waals surface area contributed by atoms with Crippen LogP contribution < -0.4 is 10.0 Å². The Hall–Kier alpha value is -0.210. The Morgan fingerprint density at radius 1 is 1.38 bits per heavy atom. The van der Waals surface area contributed by atoms with Crippen LogP contribution in [0.2, 0.25) is 0 Å². The minimum absolute atomic E-state index is 0.281. The molecule has 1 saturated heterocycles. The fraction of sp³-hybridized carbons (Fsp3) is 1.00. The minimum atomic E-state index is -3.34. The third-order valence-electron chi connectivity index (χ3n) is 1.89. The van der Waals surface area contributed by atoms with Crippen LogP contribution >= 0.6 is 0 Å². The van der Waals surface area contributed by atoms with E-state index in [9.17, 15) is 18.6 Å². The molecule has 0 amide bonds. The molecule has 13 heavy (non-hydrogen) atoms. The summed E-state index contributed by atoms with van der Waals surface area (Å²) in [5.41, 5.74) is 0. The second-order valence-corrected chi connectivity index (χ2v) is 4.99. The Labute approximate surface area is 77.0 Å². The van der Waals surface area contributed by atoms with Crippen LogP contribution in [0.15, 0.2) is 0 Å². The molecule has 4 N–H and O–H groups in total. The maximum absolute atomic E-state index is 10.8. The van der Waals surface area contributed by atoms with Gasteiger partial charge in [0.2, 0.25) is 10.0 Å². The van der Waals surface area contributed by atoms with E-state index in [1.165, 1.54) is 0 Å². The third kappa shape index (κ3) is 3.20. The molecule has 0 aromatic carbocycles. The second-order valence-electron chi connectivity index (χ2n) is 3.21. The van der Waals surface area contributed by atoms with Gasteiger partial charge in [0.15, 0.2) is 0 Å². The summed E-state index contributed by atoms with van der Waals surface area (Å²) in [4.78, 5) is 0. The molecule has 0 bridgehead atoms. The normalized spacial score (nSPS) is 36.1. The van der Waals surface area contributed by atoms with Crippen molar-refractivity contribution in [2.75, 3.05) is 19.3 Å². The molecule has 3 atom stereocenters. The lowest BCUT2D eigenvalue weighted by atomic mass is 10.0. The van der Waals surface area contributed by atoms with E-state index < -0.39 is 28.3 Å². The molecule has 2 unspecified atom stereocenters. The molecule has 6 nitrogen and oxygen atoms in total. The first-order valence-electron chi connectivity index (χ1n) is 3.94. The molecular weight excluding hydrogens is 196 g/mol. The first-order chi connectivity index (χ1) is 5.90. The fourth-order valence-corrected chi connectivity index (χ4v) is 2.06. The maximum atomic E-state index is 10.8. The van der Waals surface area contributed by atoms with Crippen LogP contribution in [-0.4, -0.2) is 56.2 Å². The van der Waals surface area contributed by atoms with Gasteiger partial charge in [-0.3, -0.25) is 0 Å². The predicted molar refractivity (Wildman–Crippen MR) is 46.7 cm³/mol. The summed E-state index contributed by atoms with van der Waals surface area (Å²) in [7, 11) is -3.34. The average molecular weight is 210 g/mol. The summed E-state index contributed by atoms with van der Waals surface area (Å²) >= 11 is 0. The topological polar surface area (TPSA) is 98.7 Å². The maximum Gasteiger partial charge on any atom is 0.209 e. The monoisotopic (exact) mass is 210 g/mol. The van der Waals surface area contributed by atoms with Gasteiger partial charge in [-0.1, -0.05) is 0 Å². The number of piperidine rings is 1. The van der Waals surface area contributed by atoms with Crippen molar-refractivity contribution in [3.8, 4) is 0 Å². The van der Waals surface area contributed by atoms with Crippen LogP contribution in [0.1, 0.15) is 0 Å². The van der Waals surface area contributed by atoms with Gasteiger partial charge in [-0.2, -0.15) is 0 Å². The van der Waals surface area contributed by atoms with Crippen LogP contribution in [0, 0.1) is 0 Å². The van der Waals surface area contributed by atoms with Crippen LogP contribution in [0.3, 0.4) is 0 Å². The van der Waals surface area contributed by atoms with E-state index in [-0.39, 0.29) is 6.54 Å². The zero-order chi connectivity index (χ0) is 10.1. The van der Waals surface area contributed by atoms with Crippen LogP contribution in [0.25, 0.3) is 0 Å². The highest BCUT2D eigenvalue weighted by Gasteiger charge is 2.31.